The molecule has 112 valence electrons. The van der Waals surface area contributed by atoms with Crippen molar-refractivity contribution in [2.24, 2.45) is 0 Å². The molecule has 0 saturated carbocycles. The first-order valence-electron chi connectivity index (χ1n) is 6.68. The van der Waals surface area contributed by atoms with Crippen molar-refractivity contribution in [2.45, 2.75) is 0 Å². The number of nitrogens with zero attached hydrogens (tertiary/aromatic N) is 2. The fourth-order valence-electron chi connectivity index (χ4n) is 2.21. The van der Waals surface area contributed by atoms with Gasteiger partial charge in [0.15, 0.2) is 0 Å². The van der Waals surface area contributed by atoms with Gasteiger partial charge in [-0.3, -0.25) is 10.2 Å². The van der Waals surface area contributed by atoms with E-state index in [9.17, 15) is 4.79 Å². The van der Waals surface area contributed by atoms with Crippen LogP contribution in [0.1, 0.15) is 10.4 Å². The highest BCUT2D eigenvalue weighted by atomic mass is 16.5. The molecule has 1 aromatic heterocycles. The van der Waals surface area contributed by atoms with Crippen molar-refractivity contribution in [1.29, 1.82) is 0 Å². The summed E-state index contributed by atoms with van der Waals surface area (Å²) in [5.74, 6) is 0.753. The smallest absolute Gasteiger partial charge is 0.274 e. The van der Waals surface area contributed by atoms with Gasteiger partial charge in [0.2, 0.25) is 0 Å². The number of methoxy groups -OCH3 is 2. The van der Waals surface area contributed by atoms with E-state index in [-0.39, 0.29) is 5.91 Å². The number of imidazole rings is 1. The zero-order valence-electron chi connectivity index (χ0n) is 12.2. The molecule has 0 aliphatic carbocycles. The first kappa shape index (κ1) is 13.9. The van der Waals surface area contributed by atoms with Crippen molar-refractivity contribution in [2.75, 3.05) is 19.6 Å². The van der Waals surface area contributed by atoms with Crippen LogP contribution in [0.5, 0.6) is 11.5 Å². The normalized spacial score (nSPS) is 10.5. The number of para-hydroxylation sites is 2. The summed E-state index contributed by atoms with van der Waals surface area (Å²) >= 11 is 0. The molecule has 0 fully saturated rings. The summed E-state index contributed by atoms with van der Waals surface area (Å²) in [5.41, 5.74) is 4.80. The minimum atomic E-state index is -0.307. The van der Waals surface area contributed by atoms with Crippen LogP contribution in [0.4, 0.5) is 0 Å². The Morgan fingerprint density at radius 2 is 1.95 bits per heavy atom. The molecule has 3 rings (SSSR count). The van der Waals surface area contributed by atoms with Crippen molar-refractivity contribution in [3.63, 3.8) is 0 Å². The predicted octanol–water partition coefficient (Wildman–Crippen LogP) is 2.44. The average Bonchev–Trinajstić information content (AvgIpc) is 2.97. The van der Waals surface area contributed by atoms with Crippen LogP contribution in [0, 0.1) is 0 Å². The predicted molar refractivity (Wildman–Crippen MR) is 83.0 cm³/mol. The molecular weight excluding hydrogens is 282 g/mol. The maximum Gasteiger partial charge on any atom is 0.274 e. The van der Waals surface area contributed by atoms with E-state index in [1.807, 2.05) is 24.3 Å². The van der Waals surface area contributed by atoms with Crippen LogP contribution >= 0.6 is 0 Å². The zero-order chi connectivity index (χ0) is 15.5. The molecule has 2 aromatic carbocycles. The fraction of sp³-hybridized carbons (Fsp3) is 0.125. The molecule has 0 aliphatic heterocycles. The van der Waals surface area contributed by atoms with E-state index >= 15 is 0 Å². The van der Waals surface area contributed by atoms with E-state index < -0.39 is 0 Å². The second kappa shape index (κ2) is 5.77. The lowest BCUT2D eigenvalue weighted by Crippen LogP contribution is -2.22. The highest BCUT2D eigenvalue weighted by Crippen LogP contribution is 2.24. The Balaban J connectivity index is 1.94. The second-order valence-electron chi connectivity index (χ2n) is 4.61. The van der Waals surface area contributed by atoms with Gasteiger partial charge in [-0.1, -0.05) is 12.1 Å². The summed E-state index contributed by atoms with van der Waals surface area (Å²) in [7, 11) is 3.07. The van der Waals surface area contributed by atoms with Crippen LogP contribution in [-0.2, 0) is 0 Å². The topological polar surface area (TPSA) is 65.4 Å². The zero-order valence-corrected chi connectivity index (χ0v) is 12.2. The quantitative estimate of drug-likeness (QED) is 0.803. The van der Waals surface area contributed by atoms with Crippen molar-refractivity contribution >= 4 is 16.9 Å². The van der Waals surface area contributed by atoms with Crippen LogP contribution in [0.3, 0.4) is 0 Å². The van der Waals surface area contributed by atoms with Crippen molar-refractivity contribution in [3.8, 4) is 11.5 Å². The molecule has 0 bridgehead atoms. The lowest BCUT2D eigenvalue weighted by molar-refractivity contribution is 0.100. The summed E-state index contributed by atoms with van der Waals surface area (Å²) in [6.07, 6.45) is 1.56. The van der Waals surface area contributed by atoms with Crippen molar-refractivity contribution < 1.29 is 14.3 Å². The number of nitrogens with one attached hydrogen (secondary N) is 1. The summed E-state index contributed by atoms with van der Waals surface area (Å²) < 4.78 is 12.0. The summed E-state index contributed by atoms with van der Waals surface area (Å²) in [4.78, 5) is 16.7. The average molecular weight is 297 g/mol. The van der Waals surface area contributed by atoms with E-state index in [2.05, 4.69) is 10.4 Å². The number of rotatable bonds is 4. The van der Waals surface area contributed by atoms with Crippen LogP contribution in [0.15, 0.2) is 48.8 Å². The molecule has 0 atom stereocenters. The third-order valence-electron chi connectivity index (χ3n) is 3.33. The minimum Gasteiger partial charge on any atom is -0.497 e. The molecule has 1 heterocycles. The molecule has 0 spiro atoms. The van der Waals surface area contributed by atoms with Gasteiger partial charge in [0, 0.05) is 0 Å². The van der Waals surface area contributed by atoms with Crippen LogP contribution in [-0.4, -0.2) is 29.8 Å². The van der Waals surface area contributed by atoms with Gasteiger partial charge in [-0.25, -0.2) is 9.66 Å². The summed E-state index contributed by atoms with van der Waals surface area (Å²) in [6.45, 7) is 0. The van der Waals surface area contributed by atoms with E-state index in [4.69, 9.17) is 9.47 Å². The van der Waals surface area contributed by atoms with Crippen molar-refractivity contribution in [1.82, 2.24) is 9.66 Å². The molecule has 1 N–H and O–H groups in total. The standard InChI is InChI=1S/C16H15N3O3/c1-21-11-7-8-15(22-2)12(9-11)16(20)18-19-10-17-13-5-3-4-6-14(13)19/h3-10H,1-2H3,(H,18,20). The van der Waals surface area contributed by atoms with Crippen LogP contribution < -0.4 is 14.9 Å². The van der Waals surface area contributed by atoms with Gasteiger partial charge in [0.05, 0.1) is 30.8 Å². The molecule has 22 heavy (non-hydrogen) atoms. The maximum absolute atomic E-state index is 12.5. The molecule has 0 saturated heterocycles. The lowest BCUT2D eigenvalue weighted by Gasteiger charge is -2.11. The Bertz CT molecular complexity index is 826. The van der Waals surface area contributed by atoms with Gasteiger partial charge in [-0.05, 0) is 30.3 Å². The van der Waals surface area contributed by atoms with E-state index in [1.165, 1.54) is 7.11 Å². The minimum absolute atomic E-state index is 0.307. The van der Waals surface area contributed by atoms with Crippen LogP contribution in [0.25, 0.3) is 11.0 Å². The van der Waals surface area contributed by atoms with Gasteiger partial charge in [-0.15, -0.1) is 0 Å². The van der Waals surface area contributed by atoms with E-state index in [0.29, 0.717) is 17.1 Å². The van der Waals surface area contributed by atoms with Crippen LogP contribution in [0.2, 0.25) is 0 Å². The number of benzene rings is 2. The Morgan fingerprint density at radius 3 is 2.73 bits per heavy atom. The Hall–Kier alpha value is -3.02. The largest absolute Gasteiger partial charge is 0.497 e. The monoisotopic (exact) mass is 297 g/mol. The maximum atomic E-state index is 12.5. The summed E-state index contributed by atoms with van der Waals surface area (Å²) in [5, 5.41) is 0. The molecule has 6 heteroatoms. The number of hydrogen-bond acceptors (Lipinski definition) is 4. The number of aromatic nitrogens is 2. The van der Waals surface area contributed by atoms with Gasteiger partial charge in [0.1, 0.15) is 17.8 Å². The number of fused-ring (bicyclic) bond motifs is 1. The third-order valence-corrected chi connectivity index (χ3v) is 3.33. The number of ether oxygens (including phenoxy) is 2. The molecule has 3 aromatic rings. The first-order chi connectivity index (χ1) is 10.7. The highest BCUT2D eigenvalue weighted by Gasteiger charge is 2.15. The fourth-order valence-corrected chi connectivity index (χ4v) is 2.21. The van der Waals surface area contributed by atoms with E-state index in [1.54, 1.807) is 36.3 Å². The van der Waals surface area contributed by atoms with Gasteiger partial charge < -0.3 is 9.47 Å². The molecule has 0 unspecified atom stereocenters. The van der Waals surface area contributed by atoms with E-state index in [0.717, 1.165) is 11.0 Å². The highest BCUT2D eigenvalue weighted by molar-refractivity contribution is 6.03. The lowest BCUT2D eigenvalue weighted by atomic mass is 10.2. The molecular formula is C16H15N3O3. The Morgan fingerprint density at radius 1 is 1.14 bits per heavy atom. The SMILES string of the molecule is COc1ccc(OC)c(C(=O)Nn2cnc3ccccc32)c1. The van der Waals surface area contributed by atoms with Gasteiger partial charge >= 0.3 is 0 Å². The number of amides is 1. The molecule has 1 amide bonds. The van der Waals surface area contributed by atoms with Gasteiger partial charge in [0.25, 0.3) is 5.91 Å². The molecule has 0 aliphatic rings. The van der Waals surface area contributed by atoms with Crippen molar-refractivity contribution in [3.05, 3.63) is 54.4 Å². The molecule has 6 nitrogen and oxygen atoms in total. The Kier molecular flexibility index (Phi) is 3.65. The number of carbonyl (C=O) groups excluding carboxylic acids is 1. The third kappa shape index (κ3) is 2.46. The number of hydrogen-bond donors (Lipinski definition) is 1. The molecule has 0 radical (unpaired) electrons. The summed E-state index contributed by atoms with van der Waals surface area (Å²) in [6, 6.07) is 12.6. The first-order valence-corrected chi connectivity index (χ1v) is 6.68. The number of carbonyl (C=O) groups is 1. The second-order valence-corrected chi connectivity index (χ2v) is 4.61. The van der Waals surface area contributed by atoms with Gasteiger partial charge in [-0.2, -0.15) is 0 Å². The Labute approximate surface area is 127 Å².